The molecule has 1 aliphatic rings. The van der Waals surface area contributed by atoms with E-state index in [0.717, 1.165) is 36.1 Å². The number of hydrogen-bond donors (Lipinski definition) is 1. The van der Waals surface area contributed by atoms with Crippen LogP contribution in [0.25, 0.3) is 10.9 Å². The van der Waals surface area contributed by atoms with Gasteiger partial charge in [-0.05, 0) is 32.2 Å². The maximum absolute atomic E-state index is 12.7. The number of benzene rings is 1. The average molecular weight is 257 g/mol. The second-order valence-corrected chi connectivity index (χ2v) is 5.35. The molecule has 1 amide bonds. The van der Waals surface area contributed by atoms with Crippen LogP contribution in [-0.4, -0.2) is 53.4 Å². The van der Waals surface area contributed by atoms with Gasteiger partial charge in [-0.1, -0.05) is 6.07 Å². The summed E-state index contributed by atoms with van der Waals surface area (Å²) in [5, 5.41) is 1.01. The van der Waals surface area contributed by atoms with Gasteiger partial charge in [0.1, 0.15) is 0 Å². The zero-order valence-corrected chi connectivity index (χ0v) is 11.4. The Balaban J connectivity index is 1.93. The molecule has 0 spiro atoms. The van der Waals surface area contributed by atoms with Gasteiger partial charge in [0, 0.05) is 48.3 Å². The number of hydrogen-bond acceptors (Lipinski definition) is 2. The number of likely N-dealkylation sites (N-methyl/N-ethyl adjacent to an activating group) is 1. The van der Waals surface area contributed by atoms with Crippen LogP contribution in [0, 0.1) is 0 Å². The van der Waals surface area contributed by atoms with Crippen LogP contribution >= 0.6 is 0 Å². The number of fused-ring (bicyclic) bond motifs is 1. The van der Waals surface area contributed by atoms with E-state index in [1.165, 1.54) is 0 Å². The molecule has 0 saturated carbocycles. The summed E-state index contributed by atoms with van der Waals surface area (Å²) in [5.74, 6) is 0.144. The second kappa shape index (κ2) is 4.70. The molecule has 1 aromatic heterocycles. The molecule has 19 heavy (non-hydrogen) atoms. The number of piperazine rings is 1. The van der Waals surface area contributed by atoms with Gasteiger partial charge in [-0.2, -0.15) is 0 Å². The van der Waals surface area contributed by atoms with E-state index in [0.29, 0.717) is 0 Å². The first-order valence-electron chi connectivity index (χ1n) is 6.72. The lowest BCUT2D eigenvalue weighted by Gasteiger charge is -2.38. The molecule has 1 fully saturated rings. The maximum atomic E-state index is 12.7. The van der Waals surface area contributed by atoms with E-state index in [1.807, 2.05) is 35.4 Å². The quantitative estimate of drug-likeness (QED) is 0.848. The van der Waals surface area contributed by atoms with Crippen molar-refractivity contribution in [1.82, 2.24) is 14.8 Å². The molecule has 3 rings (SSSR count). The summed E-state index contributed by atoms with van der Waals surface area (Å²) >= 11 is 0. The molecule has 1 aliphatic heterocycles. The Bertz CT molecular complexity index is 604. The van der Waals surface area contributed by atoms with E-state index in [9.17, 15) is 4.79 Å². The van der Waals surface area contributed by atoms with E-state index in [2.05, 4.69) is 23.9 Å². The first kappa shape index (κ1) is 12.2. The van der Waals surface area contributed by atoms with E-state index in [1.54, 1.807) is 0 Å². The van der Waals surface area contributed by atoms with Crippen molar-refractivity contribution >= 4 is 16.8 Å². The minimum Gasteiger partial charge on any atom is -0.361 e. The molecule has 4 nitrogen and oxygen atoms in total. The molecule has 2 aromatic rings. The summed E-state index contributed by atoms with van der Waals surface area (Å²) in [4.78, 5) is 20.1. The third-order valence-electron chi connectivity index (χ3n) is 3.92. The van der Waals surface area contributed by atoms with Crippen molar-refractivity contribution in [3.63, 3.8) is 0 Å². The topological polar surface area (TPSA) is 39.3 Å². The van der Waals surface area contributed by atoms with Gasteiger partial charge in [0.2, 0.25) is 0 Å². The van der Waals surface area contributed by atoms with Crippen molar-refractivity contribution in [2.45, 2.75) is 13.0 Å². The van der Waals surface area contributed by atoms with Crippen LogP contribution in [0.15, 0.2) is 30.5 Å². The van der Waals surface area contributed by atoms with Crippen LogP contribution in [0.4, 0.5) is 0 Å². The monoisotopic (exact) mass is 257 g/mol. The molecule has 1 unspecified atom stereocenters. The van der Waals surface area contributed by atoms with E-state index in [4.69, 9.17) is 0 Å². The second-order valence-electron chi connectivity index (χ2n) is 5.35. The number of amides is 1. The first-order chi connectivity index (χ1) is 9.16. The van der Waals surface area contributed by atoms with Crippen molar-refractivity contribution < 1.29 is 4.79 Å². The highest BCUT2D eigenvalue weighted by Crippen LogP contribution is 2.21. The lowest BCUT2D eigenvalue weighted by atomic mass is 10.1. The Kier molecular flexibility index (Phi) is 3.03. The molecule has 0 aliphatic carbocycles. The molecule has 1 aromatic carbocycles. The van der Waals surface area contributed by atoms with Crippen LogP contribution in [0.5, 0.6) is 0 Å². The van der Waals surface area contributed by atoms with Crippen molar-refractivity contribution in [2.24, 2.45) is 0 Å². The Morgan fingerprint density at radius 3 is 2.95 bits per heavy atom. The lowest BCUT2D eigenvalue weighted by Crippen LogP contribution is -2.52. The molecule has 2 heterocycles. The summed E-state index contributed by atoms with van der Waals surface area (Å²) in [6, 6.07) is 8.10. The molecule has 1 N–H and O–H groups in total. The van der Waals surface area contributed by atoms with Crippen LogP contribution in [0.2, 0.25) is 0 Å². The van der Waals surface area contributed by atoms with E-state index >= 15 is 0 Å². The van der Waals surface area contributed by atoms with Crippen LogP contribution in [0.3, 0.4) is 0 Å². The van der Waals surface area contributed by atoms with Gasteiger partial charge in [0.05, 0.1) is 0 Å². The van der Waals surface area contributed by atoms with Gasteiger partial charge in [-0.25, -0.2) is 0 Å². The Morgan fingerprint density at radius 2 is 2.16 bits per heavy atom. The molecule has 100 valence electrons. The minimum atomic E-state index is 0.144. The SMILES string of the molecule is CC1CN(C)CCN1C(=O)c1cccc2[nH]ccc12. The molecular weight excluding hydrogens is 238 g/mol. The molecule has 4 heteroatoms. The Hall–Kier alpha value is -1.81. The number of rotatable bonds is 1. The van der Waals surface area contributed by atoms with Crippen molar-refractivity contribution in [1.29, 1.82) is 0 Å². The molecule has 1 saturated heterocycles. The normalized spacial score (nSPS) is 20.9. The maximum Gasteiger partial charge on any atom is 0.254 e. The van der Waals surface area contributed by atoms with Crippen LogP contribution in [-0.2, 0) is 0 Å². The molecule has 0 bridgehead atoms. The Labute approximate surface area is 113 Å². The predicted octanol–water partition coefficient (Wildman–Crippen LogP) is 1.94. The van der Waals surface area contributed by atoms with Gasteiger partial charge in [-0.15, -0.1) is 0 Å². The number of carbonyl (C=O) groups is 1. The van der Waals surface area contributed by atoms with Gasteiger partial charge in [-0.3, -0.25) is 4.79 Å². The summed E-state index contributed by atoms with van der Waals surface area (Å²) in [7, 11) is 2.10. The van der Waals surface area contributed by atoms with Crippen molar-refractivity contribution in [2.75, 3.05) is 26.7 Å². The van der Waals surface area contributed by atoms with Crippen LogP contribution < -0.4 is 0 Å². The first-order valence-corrected chi connectivity index (χ1v) is 6.72. The smallest absolute Gasteiger partial charge is 0.254 e. The number of H-pyrrole nitrogens is 1. The number of carbonyl (C=O) groups excluding carboxylic acids is 1. The highest BCUT2D eigenvalue weighted by Gasteiger charge is 2.27. The average Bonchev–Trinajstić information content (AvgIpc) is 2.86. The fourth-order valence-corrected chi connectivity index (χ4v) is 2.87. The summed E-state index contributed by atoms with van der Waals surface area (Å²) in [6.45, 7) is 4.80. The van der Waals surface area contributed by atoms with Gasteiger partial charge in [0.15, 0.2) is 0 Å². The third-order valence-corrected chi connectivity index (χ3v) is 3.92. The zero-order chi connectivity index (χ0) is 13.4. The molecule has 0 radical (unpaired) electrons. The van der Waals surface area contributed by atoms with Crippen molar-refractivity contribution in [3.8, 4) is 0 Å². The van der Waals surface area contributed by atoms with Crippen LogP contribution in [0.1, 0.15) is 17.3 Å². The van der Waals surface area contributed by atoms with Gasteiger partial charge < -0.3 is 14.8 Å². The van der Waals surface area contributed by atoms with E-state index < -0.39 is 0 Å². The van der Waals surface area contributed by atoms with Crippen molar-refractivity contribution in [3.05, 3.63) is 36.0 Å². The standard InChI is InChI=1S/C15H19N3O/c1-11-10-17(2)8-9-18(11)15(19)13-4-3-5-14-12(13)6-7-16-14/h3-7,11,16H,8-10H2,1-2H3. The highest BCUT2D eigenvalue weighted by atomic mass is 16.2. The zero-order valence-electron chi connectivity index (χ0n) is 11.4. The highest BCUT2D eigenvalue weighted by molar-refractivity contribution is 6.06. The minimum absolute atomic E-state index is 0.144. The summed E-state index contributed by atoms with van der Waals surface area (Å²) in [6.07, 6.45) is 1.88. The fraction of sp³-hybridized carbons (Fsp3) is 0.400. The fourth-order valence-electron chi connectivity index (χ4n) is 2.87. The molecule has 1 atom stereocenters. The third kappa shape index (κ3) is 2.12. The number of aromatic nitrogens is 1. The van der Waals surface area contributed by atoms with Gasteiger partial charge >= 0.3 is 0 Å². The molecular formula is C15H19N3O. The summed E-state index contributed by atoms with van der Waals surface area (Å²) in [5.41, 5.74) is 1.82. The summed E-state index contributed by atoms with van der Waals surface area (Å²) < 4.78 is 0. The van der Waals surface area contributed by atoms with E-state index in [-0.39, 0.29) is 11.9 Å². The van der Waals surface area contributed by atoms with Gasteiger partial charge in [0.25, 0.3) is 5.91 Å². The number of aromatic amines is 1. The Morgan fingerprint density at radius 1 is 1.32 bits per heavy atom. The lowest BCUT2D eigenvalue weighted by molar-refractivity contribution is 0.0535. The number of nitrogens with zero attached hydrogens (tertiary/aromatic N) is 2. The predicted molar refractivity (Wildman–Crippen MR) is 76.3 cm³/mol. The number of nitrogens with one attached hydrogen (secondary N) is 1. The largest absolute Gasteiger partial charge is 0.361 e.